The van der Waals surface area contributed by atoms with Crippen LogP contribution in [0.4, 0.5) is 9.18 Å². The molecule has 3 heterocycles. The maximum Gasteiger partial charge on any atom is 0.408 e. The van der Waals surface area contributed by atoms with Crippen molar-refractivity contribution in [2.24, 2.45) is 0 Å². The summed E-state index contributed by atoms with van der Waals surface area (Å²) in [5.41, 5.74) is 2.77. The Morgan fingerprint density at radius 3 is 2.25 bits per heavy atom. The molecular weight excluding hydrogens is 633 g/mol. The van der Waals surface area contributed by atoms with Crippen LogP contribution in [0.25, 0.3) is 0 Å². The second-order valence-electron chi connectivity index (χ2n) is 12.7. The van der Waals surface area contributed by atoms with Crippen molar-refractivity contribution >= 4 is 35.6 Å². The molecule has 3 aliphatic rings. The molecule has 2 N–H and O–H groups in total. The van der Waals surface area contributed by atoms with Crippen LogP contribution in [0.3, 0.4) is 0 Å². The van der Waals surface area contributed by atoms with Gasteiger partial charge in [-0.25, -0.2) is 14.0 Å². The van der Waals surface area contributed by atoms with E-state index in [1.54, 1.807) is 32.9 Å². The zero-order valence-electron chi connectivity index (χ0n) is 26.8. The molecule has 0 aliphatic carbocycles. The number of thioether (sulfide) groups is 1. The largest absolute Gasteiger partial charge is 0.448 e. The number of carbonyl (C=O) groups excluding carboxylic acids is 4. The normalized spacial score (nSPS) is 20.1. The second-order valence-corrected chi connectivity index (χ2v) is 13.8. The molecule has 0 radical (unpaired) electrons. The van der Waals surface area contributed by atoms with Crippen LogP contribution in [-0.4, -0.2) is 58.1 Å². The first kappa shape index (κ1) is 33.0. The molecule has 0 unspecified atom stereocenters. The SMILES string of the molecule is CC(C)(C)OC(=O)N[C@@H]1C(=O)N2C(C(=O)OC(c3ccccc3)c3ccccc3)=C(C(Cc3cccc(F)c3)=C3CCNC3=O)CS[C@H]12. The van der Waals surface area contributed by atoms with Crippen LogP contribution < -0.4 is 10.6 Å². The van der Waals surface area contributed by atoms with E-state index in [9.17, 15) is 23.6 Å². The van der Waals surface area contributed by atoms with Gasteiger partial charge in [-0.3, -0.25) is 14.5 Å². The number of nitrogens with one attached hydrogen (secondary N) is 2. The molecule has 6 rings (SSSR count). The van der Waals surface area contributed by atoms with Gasteiger partial charge in [0.1, 0.15) is 28.5 Å². The molecule has 3 aromatic rings. The van der Waals surface area contributed by atoms with Crippen LogP contribution in [0.15, 0.2) is 107 Å². The van der Waals surface area contributed by atoms with Crippen molar-refractivity contribution in [1.29, 1.82) is 0 Å². The fourth-order valence-electron chi connectivity index (χ4n) is 6.08. The molecule has 0 spiro atoms. The third-order valence-electron chi connectivity index (χ3n) is 8.20. The molecule has 3 amide bonds. The highest BCUT2D eigenvalue weighted by atomic mass is 32.2. The van der Waals surface area contributed by atoms with Gasteiger partial charge in [0.15, 0.2) is 6.10 Å². The Balaban J connectivity index is 1.44. The second kappa shape index (κ2) is 13.7. The number of ether oxygens (including phenoxy) is 2. The lowest BCUT2D eigenvalue weighted by Gasteiger charge is -2.50. The highest BCUT2D eigenvalue weighted by Gasteiger charge is 2.55. The Hall–Kier alpha value is -4.90. The molecule has 2 saturated heterocycles. The van der Waals surface area contributed by atoms with Crippen molar-refractivity contribution in [2.45, 2.75) is 56.7 Å². The van der Waals surface area contributed by atoms with Crippen molar-refractivity contribution in [3.63, 3.8) is 0 Å². The van der Waals surface area contributed by atoms with Gasteiger partial charge in [-0.15, -0.1) is 11.8 Å². The summed E-state index contributed by atoms with van der Waals surface area (Å²) in [6, 6.07) is 23.7. The zero-order valence-corrected chi connectivity index (χ0v) is 27.6. The van der Waals surface area contributed by atoms with Gasteiger partial charge >= 0.3 is 12.1 Å². The Labute approximate surface area is 282 Å². The van der Waals surface area contributed by atoms with Crippen molar-refractivity contribution in [2.75, 3.05) is 12.3 Å². The average Bonchev–Trinajstić information content (AvgIpc) is 3.49. The third kappa shape index (κ3) is 7.01. The average molecular weight is 670 g/mol. The summed E-state index contributed by atoms with van der Waals surface area (Å²) < 4.78 is 26.0. The Morgan fingerprint density at radius 1 is 1.00 bits per heavy atom. The number of hydrogen-bond donors (Lipinski definition) is 2. The number of β-lactam (4-membered cyclic amide) rings is 1. The molecule has 0 saturated carbocycles. The van der Waals surface area contributed by atoms with Gasteiger partial charge in [-0.05, 0) is 73.6 Å². The number of allylic oxidation sites excluding steroid dienone is 1. The molecule has 2 fully saturated rings. The van der Waals surface area contributed by atoms with E-state index in [0.717, 1.165) is 11.1 Å². The van der Waals surface area contributed by atoms with Gasteiger partial charge in [0.2, 0.25) is 5.91 Å². The van der Waals surface area contributed by atoms with Crippen LogP contribution in [0.5, 0.6) is 0 Å². The first-order valence-corrected chi connectivity index (χ1v) is 16.8. The maximum absolute atomic E-state index is 14.5. The lowest BCUT2D eigenvalue weighted by molar-refractivity contribution is -0.153. The topological polar surface area (TPSA) is 114 Å². The molecule has 3 aromatic carbocycles. The Bertz CT molecular complexity index is 1760. The summed E-state index contributed by atoms with van der Waals surface area (Å²) in [4.78, 5) is 55.5. The van der Waals surface area contributed by atoms with Gasteiger partial charge in [0.05, 0.1) is 0 Å². The van der Waals surface area contributed by atoms with Crippen LogP contribution in [0.2, 0.25) is 0 Å². The van der Waals surface area contributed by atoms with Crippen molar-refractivity contribution < 1.29 is 33.0 Å². The zero-order chi connectivity index (χ0) is 34.0. The summed E-state index contributed by atoms with van der Waals surface area (Å²) in [5, 5.41) is 4.87. The fourth-order valence-corrected chi connectivity index (χ4v) is 7.46. The standard InChI is InChI=1S/C37H36FN3O6S/c1-37(2,3)47-36(45)40-29-33(43)41-30(35(44)46-31(23-12-6-4-7-13-23)24-14-8-5-9-15-24)28(21-48-34(29)41)27(26-17-18-39-32(26)42)20-22-11-10-16-25(38)19-22/h4-16,19,29,31,34H,17-18,20-21H2,1-3H3,(H,39,42)(H,40,45)/t29-,34-/m1/s1. The minimum absolute atomic E-state index is 0.00135. The summed E-state index contributed by atoms with van der Waals surface area (Å²) in [6.45, 7) is 5.59. The number of alkyl carbamates (subject to hydrolysis) is 1. The molecule has 3 aliphatic heterocycles. The van der Waals surface area contributed by atoms with Crippen molar-refractivity contribution in [1.82, 2.24) is 15.5 Å². The van der Waals surface area contributed by atoms with Crippen molar-refractivity contribution in [3.05, 3.63) is 130 Å². The van der Waals surface area contributed by atoms with E-state index in [-0.39, 0.29) is 23.8 Å². The predicted octanol–water partition coefficient (Wildman–Crippen LogP) is 5.58. The quantitative estimate of drug-likeness (QED) is 0.183. The van der Waals surface area contributed by atoms with E-state index in [1.807, 2.05) is 60.7 Å². The Morgan fingerprint density at radius 2 is 1.67 bits per heavy atom. The number of carbonyl (C=O) groups is 4. The lowest BCUT2D eigenvalue weighted by Crippen LogP contribution is -2.70. The van der Waals surface area contributed by atoms with Gasteiger partial charge in [-0.2, -0.15) is 0 Å². The first-order valence-electron chi connectivity index (χ1n) is 15.7. The smallest absolute Gasteiger partial charge is 0.408 e. The van der Waals surface area contributed by atoms with E-state index < -0.39 is 46.9 Å². The minimum Gasteiger partial charge on any atom is -0.448 e. The highest BCUT2D eigenvalue weighted by molar-refractivity contribution is 8.00. The highest BCUT2D eigenvalue weighted by Crippen LogP contribution is 2.45. The minimum atomic E-state index is -0.942. The summed E-state index contributed by atoms with van der Waals surface area (Å²) in [7, 11) is 0. The lowest BCUT2D eigenvalue weighted by atomic mass is 9.90. The molecule has 0 aromatic heterocycles. The van der Waals surface area contributed by atoms with E-state index in [0.29, 0.717) is 35.2 Å². The monoisotopic (exact) mass is 669 g/mol. The predicted molar refractivity (Wildman–Crippen MR) is 179 cm³/mol. The summed E-state index contributed by atoms with van der Waals surface area (Å²) in [6.07, 6.45) is -0.996. The van der Waals surface area contributed by atoms with Crippen LogP contribution in [-0.2, 0) is 30.3 Å². The molecule has 2 atom stereocenters. The van der Waals surface area contributed by atoms with Crippen LogP contribution in [0.1, 0.15) is 50.0 Å². The molecule has 0 bridgehead atoms. The molecule has 9 nitrogen and oxygen atoms in total. The number of nitrogens with zero attached hydrogens (tertiary/aromatic N) is 1. The molecular formula is C37H36FN3O6S. The van der Waals surface area contributed by atoms with E-state index >= 15 is 0 Å². The van der Waals surface area contributed by atoms with E-state index in [2.05, 4.69) is 10.6 Å². The molecule has 48 heavy (non-hydrogen) atoms. The van der Waals surface area contributed by atoms with Gasteiger partial charge < -0.3 is 20.1 Å². The van der Waals surface area contributed by atoms with Gasteiger partial charge in [-0.1, -0.05) is 72.8 Å². The molecule has 11 heteroatoms. The fraction of sp³-hybridized carbons (Fsp3) is 0.297. The number of esters is 1. The number of rotatable bonds is 8. The number of amides is 3. The van der Waals surface area contributed by atoms with Crippen LogP contribution >= 0.6 is 11.8 Å². The third-order valence-corrected chi connectivity index (χ3v) is 9.48. The van der Waals surface area contributed by atoms with Gasteiger partial charge in [0, 0.05) is 17.9 Å². The number of benzene rings is 3. The maximum atomic E-state index is 14.5. The van der Waals surface area contributed by atoms with E-state index in [4.69, 9.17) is 9.47 Å². The molecule has 248 valence electrons. The van der Waals surface area contributed by atoms with E-state index in [1.165, 1.54) is 28.8 Å². The van der Waals surface area contributed by atoms with Crippen molar-refractivity contribution in [3.8, 4) is 0 Å². The number of hydrogen-bond acceptors (Lipinski definition) is 7. The van der Waals surface area contributed by atoms with Gasteiger partial charge in [0.25, 0.3) is 5.91 Å². The summed E-state index contributed by atoms with van der Waals surface area (Å²) in [5.74, 6) is -1.74. The number of halogens is 1. The number of fused-ring (bicyclic) bond motifs is 1. The Kier molecular flexibility index (Phi) is 9.41. The first-order chi connectivity index (χ1) is 23.0. The van der Waals surface area contributed by atoms with Crippen LogP contribution in [0, 0.1) is 5.82 Å². The summed E-state index contributed by atoms with van der Waals surface area (Å²) >= 11 is 1.36.